The Morgan fingerprint density at radius 3 is 3.20 bits per heavy atom. The Kier molecular flexibility index (Phi) is 0.522. The molecule has 4 rings (SSSR count). The summed E-state index contributed by atoms with van der Waals surface area (Å²) in [5.41, 5.74) is 0.994. The molecule has 4 aliphatic carbocycles. The molecule has 10 heavy (non-hydrogen) atoms. The van der Waals surface area contributed by atoms with Crippen LogP contribution in [0.4, 0.5) is 0 Å². The molecule has 0 heteroatoms. The first-order valence-electron chi connectivity index (χ1n) is 4.92. The molecule has 0 saturated heterocycles. The summed E-state index contributed by atoms with van der Waals surface area (Å²) in [7, 11) is 0. The van der Waals surface area contributed by atoms with Gasteiger partial charge in [-0.15, -0.1) is 0 Å². The predicted molar refractivity (Wildman–Crippen MR) is 39.5 cm³/mol. The smallest absolute Gasteiger partial charge is 0.0230 e. The summed E-state index contributed by atoms with van der Waals surface area (Å²) in [6.07, 6.45) is 8.08. The summed E-state index contributed by atoms with van der Waals surface area (Å²) in [5, 5.41) is 0. The third kappa shape index (κ3) is 0.302. The van der Waals surface area contributed by atoms with Gasteiger partial charge < -0.3 is 0 Å². The fraction of sp³-hybridized carbons (Fsp3) is 1.00. The molecule has 0 aromatic rings. The van der Waals surface area contributed by atoms with Gasteiger partial charge in [0.1, 0.15) is 0 Å². The molecule has 0 N–H and O–H groups in total. The van der Waals surface area contributed by atoms with Crippen LogP contribution in [-0.2, 0) is 0 Å². The second kappa shape index (κ2) is 1.09. The zero-order chi connectivity index (χ0) is 6.34. The molecule has 0 aromatic carbocycles. The molecule has 0 aromatic heterocycles. The summed E-state index contributed by atoms with van der Waals surface area (Å²) in [4.78, 5) is 0. The van der Waals surface area contributed by atoms with Crippen molar-refractivity contribution >= 4 is 0 Å². The van der Waals surface area contributed by atoms with E-state index in [1.165, 1.54) is 23.7 Å². The Bertz CT molecular complexity index is 208. The molecule has 0 heterocycles. The first kappa shape index (κ1) is 4.79. The molecule has 0 bridgehead atoms. The molecule has 4 fully saturated rings. The van der Waals surface area contributed by atoms with Gasteiger partial charge in [-0.2, -0.15) is 0 Å². The van der Waals surface area contributed by atoms with Gasteiger partial charge in [0.05, 0.1) is 0 Å². The minimum atomic E-state index is 0.994. The van der Waals surface area contributed by atoms with Crippen LogP contribution >= 0.6 is 0 Å². The van der Waals surface area contributed by atoms with E-state index in [2.05, 4.69) is 0 Å². The van der Waals surface area contributed by atoms with Crippen molar-refractivity contribution in [3.05, 3.63) is 0 Å². The van der Waals surface area contributed by atoms with Crippen molar-refractivity contribution in [1.82, 2.24) is 0 Å². The Balaban J connectivity index is 1.80. The van der Waals surface area contributed by atoms with Crippen molar-refractivity contribution in [3.8, 4) is 0 Å². The van der Waals surface area contributed by atoms with Crippen LogP contribution in [0.1, 0.15) is 32.1 Å². The second-order valence-electron chi connectivity index (χ2n) is 5.12. The number of hydrogen-bond acceptors (Lipinski definition) is 0. The average Bonchev–Trinajstić information content (AvgIpc) is 2.73. The summed E-state index contributed by atoms with van der Waals surface area (Å²) in [6.45, 7) is 0. The maximum absolute atomic E-state index is 1.66. The fourth-order valence-corrected chi connectivity index (χ4v) is 4.63. The molecule has 0 nitrogen and oxygen atoms in total. The van der Waals surface area contributed by atoms with Gasteiger partial charge in [0.25, 0.3) is 0 Å². The normalized spacial score (nSPS) is 74.4. The van der Waals surface area contributed by atoms with Gasteiger partial charge in [-0.25, -0.2) is 0 Å². The van der Waals surface area contributed by atoms with Gasteiger partial charge in [0, 0.05) is 0 Å². The zero-order valence-electron chi connectivity index (χ0n) is 6.34. The van der Waals surface area contributed by atoms with Crippen LogP contribution in [0.2, 0.25) is 0 Å². The molecular formula is C10H14. The minimum Gasteiger partial charge on any atom is -0.0525 e. The van der Waals surface area contributed by atoms with Crippen molar-refractivity contribution in [2.24, 2.45) is 29.1 Å². The highest BCUT2D eigenvalue weighted by molar-refractivity contribution is 5.26. The van der Waals surface area contributed by atoms with E-state index in [4.69, 9.17) is 0 Å². The maximum Gasteiger partial charge on any atom is -0.0230 e. The van der Waals surface area contributed by atoms with Gasteiger partial charge in [-0.05, 0) is 54.8 Å². The third-order valence-electron chi connectivity index (χ3n) is 4.96. The van der Waals surface area contributed by atoms with Gasteiger partial charge in [-0.3, -0.25) is 0 Å². The van der Waals surface area contributed by atoms with E-state index in [1.54, 1.807) is 32.1 Å². The number of hydrogen-bond donors (Lipinski definition) is 0. The molecule has 4 aliphatic rings. The lowest BCUT2D eigenvalue weighted by Gasteiger charge is -2.07. The Morgan fingerprint density at radius 1 is 1.30 bits per heavy atom. The largest absolute Gasteiger partial charge is 0.0525 e. The lowest BCUT2D eigenvalue weighted by Crippen LogP contribution is -1.98. The van der Waals surface area contributed by atoms with Crippen molar-refractivity contribution < 1.29 is 0 Å². The first-order chi connectivity index (χ1) is 4.92. The first-order valence-corrected chi connectivity index (χ1v) is 4.92. The molecule has 4 saturated carbocycles. The van der Waals surface area contributed by atoms with Crippen LogP contribution < -0.4 is 0 Å². The summed E-state index contributed by atoms with van der Waals surface area (Å²) in [6, 6.07) is 0. The Hall–Kier alpha value is 0. The fourth-order valence-electron chi connectivity index (χ4n) is 4.63. The molecule has 1 spiro atoms. The van der Waals surface area contributed by atoms with E-state index in [9.17, 15) is 0 Å². The molecule has 54 valence electrons. The quantitative estimate of drug-likeness (QED) is 0.477. The van der Waals surface area contributed by atoms with Gasteiger partial charge >= 0.3 is 0 Å². The summed E-state index contributed by atoms with van der Waals surface area (Å²) < 4.78 is 0. The summed E-state index contributed by atoms with van der Waals surface area (Å²) >= 11 is 0. The molecule has 0 aliphatic heterocycles. The topological polar surface area (TPSA) is 0 Å². The van der Waals surface area contributed by atoms with Crippen LogP contribution in [0.15, 0.2) is 0 Å². The molecule has 5 atom stereocenters. The van der Waals surface area contributed by atoms with Crippen molar-refractivity contribution in [1.29, 1.82) is 0 Å². The van der Waals surface area contributed by atoms with Crippen molar-refractivity contribution in [3.63, 3.8) is 0 Å². The Labute approximate surface area is 62.0 Å². The van der Waals surface area contributed by atoms with E-state index in [0.29, 0.717) is 0 Å². The van der Waals surface area contributed by atoms with Crippen LogP contribution in [0.5, 0.6) is 0 Å². The van der Waals surface area contributed by atoms with Crippen LogP contribution in [0.25, 0.3) is 0 Å². The van der Waals surface area contributed by atoms with Gasteiger partial charge in [0.15, 0.2) is 0 Å². The van der Waals surface area contributed by atoms with E-state index < -0.39 is 0 Å². The highest BCUT2D eigenvalue weighted by atomic mass is 14.8. The van der Waals surface area contributed by atoms with Gasteiger partial charge in [-0.1, -0.05) is 6.42 Å². The maximum atomic E-state index is 1.66. The van der Waals surface area contributed by atoms with E-state index in [0.717, 1.165) is 5.41 Å². The number of fused-ring (bicyclic) bond motifs is 3. The lowest BCUT2D eigenvalue weighted by molar-refractivity contribution is 0.426. The zero-order valence-corrected chi connectivity index (χ0v) is 6.34. The molecular weight excluding hydrogens is 120 g/mol. The summed E-state index contributed by atoms with van der Waals surface area (Å²) in [5.74, 6) is 5.01. The minimum absolute atomic E-state index is 0.994. The van der Waals surface area contributed by atoms with Crippen molar-refractivity contribution in [2.75, 3.05) is 0 Å². The molecule has 1 unspecified atom stereocenters. The van der Waals surface area contributed by atoms with Crippen LogP contribution in [-0.4, -0.2) is 0 Å². The monoisotopic (exact) mass is 134 g/mol. The molecule has 0 radical (unpaired) electrons. The standard InChI is InChI=1S/C10H14/c1-2-8-9-7-4-6(7)5-10(8,9)3-1/h6-9H,1-5H2/t6-,7+,8?,9+,10-/m1/s1. The van der Waals surface area contributed by atoms with Crippen LogP contribution in [0.3, 0.4) is 0 Å². The number of rotatable bonds is 0. The van der Waals surface area contributed by atoms with Crippen molar-refractivity contribution in [2.45, 2.75) is 32.1 Å². The van der Waals surface area contributed by atoms with E-state index >= 15 is 0 Å². The second-order valence-corrected chi connectivity index (χ2v) is 5.12. The average molecular weight is 134 g/mol. The molecule has 0 amide bonds. The highest BCUT2D eigenvalue weighted by Crippen LogP contribution is 2.84. The van der Waals surface area contributed by atoms with E-state index in [-0.39, 0.29) is 0 Å². The Morgan fingerprint density at radius 2 is 2.30 bits per heavy atom. The highest BCUT2D eigenvalue weighted by Gasteiger charge is 2.77. The van der Waals surface area contributed by atoms with Crippen LogP contribution in [0, 0.1) is 29.1 Å². The SMILES string of the molecule is C1CC2[C@@H]3[C@H]4C[C@@H]4C[C@]23C1. The predicted octanol–water partition coefficient (Wildman–Crippen LogP) is 2.44. The third-order valence-corrected chi connectivity index (χ3v) is 4.96. The van der Waals surface area contributed by atoms with E-state index in [1.807, 2.05) is 0 Å². The lowest BCUT2D eigenvalue weighted by atomic mass is 9.97. The van der Waals surface area contributed by atoms with Gasteiger partial charge in [0.2, 0.25) is 0 Å².